The Hall–Kier alpha value is -1.82. The minimum absolute atomic E-state index is 0.778. The Labute approximate surface area is 113 Å². The third-order valence-corrected chi connectivity index (χ3v) is 2.82. The summed E-state index contributed by atoms with van der Waals surface area (Å²) in [5.41, 5.74) is 0. The van der Waals surface area contributed by atoms with Crippen LogP contribution < -0.4 is 5.32 Å². The molecule has 0 bridgehead atoms. The highest BCUT2D eigenvalue weighted by molar-refractivity contribution is 5.25. The molecule has 0 unspecified atom stereocenters. The van der Waals surface area contributed by atoms with Crippen molar-refractivity contribution in [2.75, 3.05) is 25.1 Å². The largest absolute Gasteiger partial charge is 0.382 e. The van der Waals surface area contributed by atoms with E-state index in [1.807, 2.05) is 36.4 Å². The van der Waals surface area contributed by atoms with Crippen molar-refractivity contribution in [2.24, 2.45) is 0 Å². The molecule has 0 atom stereocenters. The average molecular weight is 263 g/mol. The third kappa shape index (κ3) is 4.40. The van der Waals surface area contributed by atoms with E-state index < -0.39 is 0 Å². The first-order chi connectivity index (χ1) is 9.40. The average Bonchev–Trinajstić information content (AvgIpc) is 3.07. The summed E-state index contributed by atoms with van der Waals surface area (Å²) in [6.07, 6.45) is 10.4. The van der Waals surface area contributed by atoms with Crippen LogP contribution in [0.15, 0.2) is 31.1 Å². The Morgan fingerprint density at radius 2 is 2.21 bits per heavy atom. The maximum Gasteiger partial charge on any atom is 0.202 e. The summed E-state index contributed by atoms with van der Waals surface area (Å²) >= 11 is 0. The van der Waals surface area contributed by atoms with E-state index in [0.29, 0.717) is 0 Å². The monoisotopic (exact) mass is 263 g/mol. The van der Waals surface area contributed by atoms with Gasteiger partial charge in [0.05, 0.1) is 6.33 Å². The number of hydrogen-bond acceptors (Lipinski definition) is 4. The smallest absolute Gasteiger partial charge is 0.202 e. The predicted molar refractivity (Wildman–Crippen MR) is 74.1 cm³/mol. The fraction of sp³-hybridized carbons (Fsp3) is 0.538. The molecule has 104 valence electrons. The molecule has 6 heteroatoms. The summed E-state index contributed by atoms with van der Waals surface area (Å²) < 4.78 is 9.49. The summed E-state index contributed by atoms with van der Waals surface area (Å²) in [6.45, 7) is 6.22. The molecule has 1 N–H and O–H groups in total. The molecule has 0 aromatic carbocycles. The van der Waals surface area contributed by atoms with E-state index in [2.05, 4.69) is 19.9 Å². The Kier molecular flexibility index (Phi) is 5.43. The van der Waals surface area contributed by atoms with Crippen LogP contribution in [-0.4, -0.2) is 38.9 Å². The van der Waals surface area contributed by atoms with E-state index in [-0.39, 0.29) is 0 Å². The van der Waals surface area contributed by atoms with Crippen LogP contribution in [0.1, 0.15) is 13.3 Å². The summed E-state index contributed by atoms with van der Waals surface area (Å²) in [7, 11) is 0. The first-order valence-electron chi connectivity index (χ1n) is 6.68. The van der Waals surface area contributed by atoms with Crippen molar-refractivity contribution >= 4 is 5.95 Å². The van der Waals surface area contributed by atoms with Crippen molar-refractivity contribution in [1.82, 2.24) is 19.1 Å². The molecule has 0 aliphatic rings. The zero-order chi connectivity index (χ0) is 13.3. The Morgan fingerprint density at radius 3 is 3.00 bits per heavy atom. The summed E-state index contributed by atoms with van der Waals surface area (Å²) in [4.78, 5) is 8.33. The second-order valence-electron chi connectivity index (χ2n) is 4.22. The van der Waals surface area contributed by atoms with Gasteiger partial charge in [0.25, 0.3) is 0 Å². The van der Waals surface area contributed by atoms with E-state index in [4.69, 9.17) is 4.74 Å². The number of aryl methyl sites for hydroxylation is 1. The molecule has 0 aliphatic carbocycles. The van der Waals surface area contributed by atoms with E-state index in [1.165, 1.54) is 0 Å². The van der Waals surface area contributed by atoms with Crippen LogP contribution >= 0.6 is 0 Å². The Bertz CT molecular complexity index is 451. The van der Waals surface area contributed by atoms with Crippen LogP contribution in [-0.2, 0) is 17.8 Å². The zero-order valence-corrected chi connectivity index (χ0v) is 11.3. The van der Waals surface area contributed by atoms with Gasteiger partial charge in [-0.3, -0.25) is 0 Å². The lowest BCUT2D eigenvalue weighted by Crippen LogP contribution is -2.13. The molecular weight excluding hydrogens is 242 g/mol. The number of ether oxygens (including phenoxy) is 1. The standard InChI is InChI=1S/C13H21N5O/c1-2-19-11-3-7-18-10-6-16-13(18)15-5-9-17-8-4-14-12-17/h4,6,8,10,12H,2-3,5,7,9,11H2,1H3,(H,15,16). The summed E-state index contributed by atoms with van der Waals surface area (Å²) in [6, 6.07) is 0. The number of hydrogen-bond donors (Lipinski definition) is 1. The van der Waals surface area contributed by atoms with Crippen LogP contribution in [0.5, 0.6) is 0 Å². The normalized spacial score (nSPS) is 10.8. The minimum atomic E-state index is 0.778. The molecule has 0 saturated carbocycles. The topological polar surface area (TPSA) is 56.9 Å². The van der Waals surface area contributed by atoms with Crippen LogP contribution in [0, 0.1) is 0 Å². The fourth-order valence-corrected chi connectivity index (χ4v) is 1.85. The number of anilines is 1. The highest BCUT2D eigenvalue weighted by Gasteiger charge is 2.01. The van der Waals surface area contributed by atoms with E-state index >= 15 is 0 Å². The Morgan fingerprint density at radius 1 is 1.26 bits per heavy atom. The predicted octanol–water partition coefficient (Wildman–Crippen LogP) is 1.62. The highest BCUT2D eigenvalue weighted by atomic mass is 16.5. The van der Waals surface area contributed by atoms with E-state index in [9.17, 15) is 0 Å². The van der Waals surface area contributed by atoms with Gasteiger partial charge in [-0.05, 0) is 13.3 Å². The van der Waals surface area contributed by atoms with Crippen LogP contribution in [0.3, 0.4) is 0 Å². The minimum Gasteiger partial charge on any atom is -0.382 e. The maximum atomic E-state index is 5.34. The summed E-state index contributed by atoms with van der Waals surface area (Å²) in [5.74, 6) is 0.914. The van der Waals surface area contributed by atoms with E-state index in [1.54, 1.807) is 6.20 Å². The molecule has 0 amide bonds. The molecule has 0 saturated heterocycles. The molecule has 0 spiro atoms. The first kappa shape index (κ1) is 13.6. The Balaban J connectivity index is 1.72. The molecule has 2 aromatic heterocycles. The molecule has 2 rings (SSSR count). The molecule has 2 heterocycles. The molecule has 19 heavy (non-hydrogen) atoms. The third-order valence-electron chi connectivity index (χ3n) is 2.82. The van der Waals surface area contributed by atoms with Crippen LogP contribution in [0.25, 0.3) is 0 Å². The summed E-state index contributed by atoms with van der Waals surface area (Å²) in [5, 5.41) is 3.33. The lowest BCUT2D eigenvalue weighted by molar-refractivity contribution is 0.142. The van der Waals surface area contributed by atoms with Gasteiger partial charge in [-0.2, -0.15) is 0 Å². The maximum absolute atomic E-state index is 5.34. The molecule has 0 fully saturated rings. The SMILES string of the molecule is CCOCCCn1ccnc1NCCn1ccnc1. The van der Waals surface area contributed by atoms with Crippen molar-refractivity contribution in [3.63, 3.8) is 0 Å². The van der Waals surface area contributed by atoms with Gasteiger partial charge in [-0.1, -0.05) is 0 Å². The zero-order valence-electron chi connectivity index (χ0n) is 11.3. The number of rotatable bonds is 9. The quantitative estimate of drug-likeness (QED) is 0.698. The van der Waals surface area contributed by atoms with Gasteiger partial charge >= 0.3 is 0 Å². The van der Waals surface area contributed by atoms with Crippen LogP contribution in [0.4, 0.5) is 5.95 Å². The molecule has 6 nitrogen and oxygen atoms in total. The lowest BCUT2D eigenvalue weighted by Gasteiger charge is -2.10. The van der Waals surface area contributed by atoms with Gasteiger partial charge in [0.15, 0.2) is 0 Å². The number of nitrogens with zero attached hydrogens (tertiary/aromatic N) is 4. The number of nitrogens with one attached hydrogen (secondary N) is 1. The second kappa shape index (κ2) is 7.58. The highest BCUT2D eigenvalue weighted by Crippen LogP contribution is 2.05. The van der Waals surface area contributed by atoms with Gasteiger partial charge in [0, 0.05) is 57.6 Å². The molecule has 0 aliphatic heterocycles. The van der Waals surface area contributed by atoms with Gasteiger partial charge in [0.2, 0.25) is 5.95 Å². The van der Waals surface area contributed by atoms with Crippen molar-refractivity contribution in [3.8, 4) is 0 Å². The van der Waals surface area contributed by atoms with Gasteiger partial charge in [-0.15, -0.1) is 0 Å². The van der Waals surface area contributed by atoms with Crippen molar-refractivity contribution in [1.29, 1.82) is 0 Å². The van der Waals surface area contributed by atoms with Gasteiger partial charge in [0.1, 0.15) is 0 Å². The molecular formula is C13H21N5O. The van der Waals surface area contributed by atoms with Gasteiger partial charge < -0.3 is 19.2 Å². The van der Waals surface area contributed by atoms with E-state index in [0.717, 1.165) is 45.2 Å². The molecule has 2 aromatic rings. The van der Waals surface area contributed by atoms with Crippen molar-refractivity contribution in [2.45, 2.75) is 26.4 Å². The fourth-order valence-electron chi connectivity index (χ4n) is 1.85. The van der Waals surface area contributed by atoms with Crippen molar-refractivity contribution < 1.29 is 4.74 Å². The number of imidazole rings is 2. The second-order valence-corrected chi connectivity index (χ2v) is 4.22. The van der Waals surface area contributed by atoms with Gasteiger partial charge in [-0.25, -0.2) is 9.97 Å². The first-order valence-corrected chi connectivity index (χ1v) is 6.68. The van der Waals surface area contributed by atoms with Crippen LogP contribution in [0.2, 0.25) is 0 Å². The lowest BCUT2D eigenvalue weighted by atomic mass is 10.4. The molecule has 0 radical (unpaired) electrons. The number of aromatic nitrogens is 4. The van der Waals surface area contributed by atoms with Crippen molar-refractivity contribution in [3.05, 3.63) is 31.1 Å².